The van der Waals surface area contributed by atoms with Gasteiger partial charge in [-0.25, -0.2) is 9.97 Å². The number of nitrogens with zero attached hydrogens (tertiary/aromatic N) is 3. The van der Waals surface area contributed by atoms with Crippen molar-refractivity contribution in [3.05, 3.63) is 24.2 Å². The Bertz CT molecular complexity index is 567. The van der Waals surface area contributed by atoms with E-state index in [1.807, 2.05) is 12.3 Å². The summed E-state index contributed by atoms with van der Waals surface area (Å²) >= 11 is 0. The van der Waals surface area contributed by atoms with E-state index in [0.717, 1.165) is 37.2 Å². The van der Waals surface area contributed by atoms with Gasteiger partial charge in [0.1, 0.15) is 11.3 Å². The molecule has 3 heterocycles. The smallest absolute Gasteiger partial charge is 0.159 e. The third-order valence-corrected chi connectivity index (χ3v) is 4.53. The monoisotopic (exact) mass is 258 g/mol. The summed E-state index contributed by atoms with van der Waals surface area (Å²) in [6.45, 7) is 7.60. The molecule has 0 amide bonds. The lowest BCUT2D eigenvalue weighted by Crippen LogP contribution is -2.41. The van der Waals surface area contributed by atoms with Gasteiger partial charge in [0.05, 0.1) is 0 Å². The fourth-order valence-corrected chi connectivity index (χ4v) is 3.30. The molecule has 1 N–H and O–H groups in total. The molecule has 1 aliphatic rings. The molecule has 0 radical (unpaired) electrons. The second kappa shape index (κ2) is 4.93. The van der Waals surface area contributed by atoms with E-state index < -0.39 is 0 Å². The van der Waals surface area contributed by atoms with Crippen LogP contribution >= 0.6 is 0 Å². The fraction of sp³-hybridized carbons (Fsp3) is 0.600. The standard InChI is InChI=1S/C15H22N4/c1-3-15(7-10-16-11-8-15)14-18-12-6-5-9-17-13(12)19(14)4-2/h5-6,9,16H,3-4,7-8,10-11H2,1-2H3. The highest BCUT2D eigenvalue weighted by atomic mass is 15.1. The van der Waals surface area contributed by atoms with Gasteiger partial charge >= 0.3 is 0 Å². The molecule has 4 nitrogen and oxygen atoms in total. The molecule has 1 saturated heterocycles. The van der Waals surface area contributed by atoms with Crippen molar-refractivity contribution in [2.75, 3.05) is 13.1 Å². The predicted molar refractivity (Wildman–Crippen MR) is 77.3 cm³/mol. The second-order valence-electron chi connectivity index (χ2n) is 5.41. The highest BCUT2D eigenvalue weighted by Gasteiger charge is 2.36. The maximum atomic E-state index is 4.92. The summed E-state index contributed by atoms with van der Waals surface area (Å²) in [4.78, 5) is 9.44. The molecular weight excluding hydrogens is 236 g/mol. The van der Waals surface area contributed by atoms with Crippen LogP contribution in [0.3, 0.4) is 0 Å². The van der Waals surface area contributed by atoms with Gasteiger partial charge in [-0.2, -0.15) is 0 Å². The Kier molecular flexibility index (Phi) is 3.27. The normalized spacial score (nSPS) is 18.8. The van der Waals surface area contributed by atoms with Crippen LogP contribution in [0.15, 0.2) is 18.3 Å². The highest BCUT2D eigenvalue weighted by Crippen LogP contribution is 2.37. The number of hydrogen-bond donors (Lipinski definition) is 1. The number of imidazole rings is 1. The first-order chi connectivity index (χ1) is 9.30. The molecule has 0 aliphatic carbocycles. The second-order valence-corrected chi connectivity index (χ2v) is 5.41. The largest absolute Gasteiger partial charge is 0.317 e. The zero-order valence-corrected chi connectivity index (χ0v) is 11.8. The molecule has 0 unspecified atom stereocenters. The minimum atomic E-state index is 0.224. The van der Waals surface area contributed by atoms with Crippen molar-refractivity contribution in [3.63, 3.8) is 0 Å². The number of rotatable bonds is 3. The maximum absolute atomic E-state index is 4.92. The molecule has 0 saturated carbocycles. The van der Waals surface area contributed by atoms with E-state index >= 15 is 0 Å². The van der Waals surface area contributed by atoms with Crippen LogP contribution in [0.2, 0.25) is 0 Å². The van der Waals surface area contributed by atoms with Crippen molar-refractivity contribution < 1.29 is 0 Å². The number of fused-ring (bicyclic) bond motifs is 1. The third kappa shape index (κ3) is 1.94. The molecule has 0 spiro atoms. The average Bonchev–Trinajstić information content (AvgIpc) is 2.87. The first kappa shape index (κ1) is 12.6. The van der Waals surface area contributed by atoms with Crippen LogP contribution in [0, 0.1) is 0 Å². The Morgan fingerprint density at radius 1 is 1.32 bits per heavy atom. The minimum absolute atomic E-state index is 0.224. The van der Waals surface area contributed by atoms with Crippen LogP contribution in [0.1, 0.15) is 38.9 Å². The Labute approximate surface area is 114 Å². The van der Waals surface area contributed by atoms with Gasteiger partial charge in [-0.05, 0) is 51.4 Å². The van der Waals surface area contributed by atoms with Crippen molar-refractivity contribution in [3.8, 4) is 0 Å². The summed E-state index contributed by atoms with van der Waals surface area (Å²) in [6.07, 6.45) is 5.36. The number of aryl methyl sites for hydroxylation is 1. The summed E-state index contributed by atoms with van der Waals surface area (Å²) < 4.78 is 2.31. The zero-order valence-electron chi connectivity index (χ0n) is 11.8. The molecule has 0 bridgehead atoms. The summed E-state index contributed by atoms with van der Waals surface area (Å²) in [5, 5.41) is 3.46. The summed E-state index contributed by atoms with van der Waals surface area (Å²) in [5.41, 5.74) is 2.29. The molecule has 2 aromatic rings. The molecule has 102 valence electrons. The first-order valence-electron chi connectivity index (χ1n) is 7.33. The Hall–Kier alpha value is -1.42. The van der Waals surface area contributed by atoms with E-state index in [0.29, 0.717) is 0 Å². The zero-order chi connectivity index (χ0) is 13.3. The van der Waals surface area contributed by atoms with Crippen molar-refractivity contribution in [1.82, 2.24) is 19.9 Å². The van der Waals surface area contributed by atoms with Gasteiger partial charge in [-0.3, -0.25) is 0 Å². The molecule has 3 rings (SSSR count). The molecule has 2 aromatic heterocycles. The Morgan fingerprint density at radius 2 is 2.11 bits per heavy atom. The van der Waals surface area contributed by atoms with Crippen molar-refractivity contribution >= 4 is 11.2 Å². The fourth-order valence-electron chi connectivity index (χ4n) is 3.30. The lowest BCUT2D eigenvalue weighted by molar-refractivity contribution is 0.275. The third-order valence-electron chi connectivity index (χ3n) is 4.53. The van der Waals surface area contributed by atoms with E-state index in [-0.39, 0.29) is 5.41 Å². The van der Waals surface area contributed by atoms with Crippen molar-refractivity contribution in [2.24, 2.45) is 0 Å². The number of hydrogen-bond acceptors (Lipinski definition) is 3. The SMILES string of the molecule is CCn1c(C2(CC)CCNCC2)nc2cccnc21. The number of pyridine rings is 1. The predicted octanol–water partition coefficient (Wildman–Crippen LogP) is 2.48. The van der Waals surface area contributed by atoms with Crippen molar-refractivity contribution in [1.29, 1.82) is 0 Å². The molecule has 4 heteroatoms. The topological polar surface area (TPSA) is 42.7 Å². The van der Waals surface area contributed by atoms with Crippen LogP contribution in [0.25, 0.3) is 11.2 Å². The Morgan fingerprint density at radius 3 is 2.79 bits per heavy atom. The Balaban J connectivity index is 2.17. The van der Waals surface area contributed by atoms with E-state index in [1.54, 1.807) is 0 Å². The summed E-state index contributed by atoms with van der Waals surface area (Å²) in [6, 6.07) is 4.04. The average molecular weight is 258 g/mol. The summed E-state index contributed by atoms with van der Waals surface area (Å²) in [7, 11) is 0. The van der Waals surface area contributed by atoms with Gasteiger partial charge in [0.25, 0.3) is 0 Å². The van der Waals surface area contributed by atoms with E-state index in [1.165, 1.54) is 18.7 Å². The highest BCUT2D eigenvalue weighted by molar-refractivity contribution is 5.71. The molecule has 0 atom stereocenters. The van der Waals surface area contributed by atoms with Crippen LogP contribution in [-0.4, -0.2) is 27.6 Å². The number of nitrogens with one attached hydrogen (secondary N) is 1. The van der Waals surface area contributed by atoms with E-state index in [4.69, 9.17) is 4.98 Å². The quantitative estimate of drug-likeness (QED) is 0.919. The number of piperidine rings is 1. The molecule has 1 fully saturated rings. The van der Waals surface area contributed by atoms with Gasteiger partial charge < -0.3 is 9.88 Å². The van der Waals surface area contributed by atoms with Crippen LogP contribution in [0.4, 0.5) is 0 Å². The van der Waals surface area contributed by atoms with Crippen LogP contribution in [-0.2, 0) is 12.0 Å². The van der Waals surface area contributed by atoms with Gasteiger partial charge in [0.15, 0.2) is 5.65 Å². The molecule has 19 heavy (non-hydrogen) atoms. The van der Waals surface area contributed by atoms with Gasteiger partial charge in [-0.1, -0.05) is 6.92 Å². The van der Waals surface area contributed by atoms with E-state index in [9.17, 15) is 0 Å². The van der Waals surface area contributed by atoms with Gasteiger partial charge in [0, 0.05) is 18.2 Å². The molecule has 0 aromatic carbocycles. The van der Waals surface area contributed by atoms with Gasteiger partial charge in [-0.15, -0.1) is 0 Å². The molecular formula is C15H22N4. The maximum Gasteiger partial charge on any atom is 0.159 e. The van der Waals surface area contributed by atoms with Crippen molar-refractivity contribution in [2.45, 2.75) is 45.1 Å². The van der Waals surface area contributed by atoms with Gasteiger partial charge in [0.2, 0.25) is 0 Å². The van der Waals surface area contributed by atoms with E-state index in [2.05, 4.69) is 34.8 Å². The van der Waals surface area contributed by atoms with Crippen LogP contribution < -0.4 is 5.32 Å². The molecule has 1 aliphatic heterocycles. The lowest BCUT2D eigenvalue weighted by atomic mass is 9.76. The first-order valence-corrected chi connectivity index (χ1v) is 7.33. The summed E-state index contributed by atoms with van der Waals surface area (Å²) in [5.74, 6) is 1.24. The van der Waals surface area contributed by atoms with Crippen LogP contribution in [0.5, 0.6) is 0 Å². The minimum Gasteiger partial charge on any atom is -0.317 e. The number of aromatic nitrogens is 3. The lowest BCUT2D eigenvalue weighted by Gasteiger charge is -2.36.